The molecule has 1 aromatic heterocycles. The molecular weight excluding hydrogens is 436 g/mol. The van der Waals surface area contributed by atoms with Crippen LogP contribution in [0.2, 0.25) is 0 Å². The number of hydrogen-bond acceptors (Lipinski definition) is 8. The lowest BCUT2D eigenvalue weighted by molar-refractivity contribution is -0.384. The summed E-state index contributed by atoms with van der Waals surface area (Å²) in [7, 11) is 0. The lowest BCUT2D eigenvalue weighted by Gasteiger charge is -2.26. The van der Waals surface area contributed by atoms with Gasteiger partial charge in [0.25, 0.3) is 11.6 Å². The number of nitro benzene ring substituents is 1. The SMILES string of the molecule is CCOC(=O)c1c(C2COc3ccccc3O2)csc1NC(=O)c1ccc([N+](=O)[O-])cc1. The highest BCUT2D eigenvalue weighted by molar-refractivity contribution is 7.15. The number of benzene rings is 2. The van der Waals surface area contributed by atoms with E-state index in [0.717, 1.165) is 11.3 Å². The van der Waals surface area contributed by atoms with Crippen LogP contribution in [-0.4, -0.2) is 30.0 Å². The third-order valence-electron chi connectivity index (χ3n) is 4.72. The molecule has 0 fully saturated rings. The molecule has 1 atom stereocenters. The van der Waals surface area contributed by atoms with Crippen LogP contribution in [0.1, 0.15) is 39.3 Å². The van der Waals surface area contributed by atoms with E-state index in [2.05, 4.69) is 5.32 Å². The van der Waals surface area contributed by atoms with Crippen molar-refractivity contribution in [3.05, 3.63) is 80.7 Å². The van der Waals surface area contributed by atoms with Gasteiger partial charge in [0.2, 0.25) is 0 Å². The quantitative estimate of drug-likeness (QED) is 0.329. The minimum atomic E-state index is -0.592. The van der Waals surface area contributed by atoms with E-state index in [1.807, 2.05) is 12.1 Å². The molecule has 32 heavy (non-hydrogen) atoms. The van der Waals surface area contributed by atoms with Gasteiger partial charge in [-0.1, -0.05) is 12.1 Å². The summed E-state index contributed by atoms with van der Waals surface area (Å²) in [5, 5.41) is 15.5. The number of carbonyl (C=O) groups is 2. The third kappa shape index (κ3) is 4.26. The van der Waals surface area contributed by atoms with Crippen LogP contribution in [0.25, 0.3) is 0 Å². The smallest absolute Gasteiger partial charge is 0.341 e. The van der Waals surface area contributed by atoms with Gasteiger partial charge in [-0.25, -0.2) is 4.79 Å². The van der Waals surface area contributed by atoms with E-state index >= 15 is 0 Å². The molecule has 0 bridgehead atoms. The molecule has 1 aliphatic rings. The van der Waals surface area contributed by atoms with Crippen LogP contribution in [-0.2, 0) is 4.74 Å². The van der Waals surface area contributed by atoms with Gasteiger partial charge in [0, 0.05) is 28.6 Å². The highest BCUT2D eigenvalue weighted by Gasteiger charge is 2.31. The predicted molar refractivity (Wildman–Crippen MR) is 117 cm³/mol. The van der Waals surface area contributed by atoms with E-state index in [1.165, 1.54) is 24.3 Å². The first-order chi connectivity index (χ1) is 15.5. The van der Waals surface area contributed by atoms with Crippen LogP contribution < -0.4 is 14.8 Å². The number of non-ortho nitro benzene ring substituents is 1. The van der Waals surface area contributed by atoms with Crippen LogP contribution in [0.4, 0.5) is 10.7 Å². The highest BCUT2D eigenvalue weighted by Crippen LogP contribution is 2.40. The number of hydrogen-bond donors (Lipinski definition) is 1. The minimum absolute atomic E-state index is 0.123. The van der Waals surface area contributed by atoms with Crippen LogP contribution in [0.5, 0.6) is 11.5 Å². The number of anilines is 1. The summed E-state index contributed by atoms with van der Waals surface area (Å²) in [5.41, 5.74) is 0.829. The number of nitro groups is 1. The van der Waals surface area contributed by atoms with Crippen LogP contribution >= 0.6 is 11.3 Å². The predicted octanol–water partition coefficient (Wildman–Crippen LogP) is 4.60. The second-order valence-electron chi connectivity index (χ2n) is 6.74. The molecule has 4 rings (SSSR count). The van der Waals surface area contributed by atoms with Crippen molar-refractivity contribution in [2.45, 2.75) is 13.0 Å². The second-order valence-corrected chi connectivity index (χ2v) is 7.62. The Bertz CT molecular complexity index is 1170. The van der Waals surface area contributed by atoms with Gasteiger partial charge in [-0.15, -0.1) is 11.3 Å². The van der Waals surface area contributed by atoms with Crippen molar-refractivity contribution in [1.29, 1.82) is 0 Å². The fraction of sp³-hybridized carbons (Fsp3) is 0.182. The number of nitrogens with zero attached hydrogens (tertiary/aromatic N) is 1. The second kappa shape index (κ2) is 9.06. The van der Waals surface area contributed by atoms with Crippen LogP contribution in [0, 0.1) is 10.1 Å². The summed E-state index contributed by atoms with van der Waals surface area (Å²) in [6.45, 7) is 2.04. The van der Waals surface area contributed by atoms with Gasteiger partial charge in [-0.3, -0.25) is 14.9 Å². The average molecular weight is 454 g/mol. The summed E-state index contributed by atoms with van der Waals surface area (Å²) in [6, 6.07) is 12.4. The normalized spacial score (nSPS) is 14.5. The molecule has 10 heteroatoms. The standard InChI is InChI=1S/C22H18N2O7S/c1-2-29-22(26)19-15(18-11-30-16-5-3-4-6-17(16)31-18)12-32-21(19)23-20(25)13-7-9-14(10-8-13)24(27)28/h3-10,12,18H,2,11H2,1H3,(H,23,25). The van der Waals surface area contributed by atoms with Gasteiger partial charge in [0.1, 0.15) is 17.2 Å². The zero-order chi connectivity index (χ0) is 22.7. The largest absolute Gasteiger partial charge is 0.485 e. The average Bonchev–Trinajstić information content (AvgIpc) is 3.22. The Labute approximate surface area is 186 Å². The molecule has 2 aromatic carbocycles. The van der Waals surface area contributed by atoms with Crippen molar-refractivity contribution >= 4 is 33.9 Å². The number of nitrogens with one attached hydrogen (secondary N) is 1. The number of rotatable bonds is 6. The van der Waals surface area contributed by atoms with E-state index in [4.69, 9.17) is 14.2 Å². The molecule has 9 nitrogen and oxygen atoms in total. The zero-order valence-electron chi connectivity index (χ0n) is 16.9. The Hall–Kier alpha value is -3.92. The van der Waals surface area contributed by atoms with Crippen molar-refractivity contribution in [2.75, 3.05) is 18.5 Å². The number of carbonyl (C=O) groups excluding carboxylic acids is 2. The van der Waals surface area contributed by atoms with Gasteiger partial charge in [-0.2, -0.15) is 0 Å². The fourth-order valence-electron chi connectivity index (χ4n) is 3.20. The topological polar surface area (TPSA) is 117 Å². The van der Waals surface area contributed by atoms with Crippen molar-refractivity contribution in [3.63, 3.8) is 0 Å². The van der Waals surface area contributed by atoms with Gasteiger partial charge in [0.15, 0.2) is 17.6 Å². The molecule has 0 spiro atoms. The lowest BCUT2D eigenvalue weighted by Crippen LogP contribution is -2.24. The Kier molecular flexibility index (Phi) is 6.04. The molecule has 1 N–H and O–H groups in total. The molecule has 1 unspecified atom stereocenters. The highest BCUT2D eigenvalue weighted by atomic mass is 32.1. The Morgan fingerprint density at radius 3 is 2.59 bits per heavy atom. The molecular formula is C22H18N2O7S. The van der Waals surface area contributed by atoms with E-state index in [1.54, 1.807) is 24.4 Å². The Balaban J connectivity index is 1.61. The first-order valence-electron chi connectivity index (χ1n) is 9.70. The monoisotopic (exact) mass is 454 g/mol. The van der Waals surface area contributed by atoms with Crippen LogP contribution in [0.15, 0.2) is 53.9 Å². The number of para-hydroxylation sites is 2. The molecule has 0 radical (unpaired) electrons. The molecule has 1 aliphatic heterocycles. The van der Waals surface area contributed by atoms with E-state index in [9.17, 15) is 19.7 Å². The molecule has 0 aliphatic carbocycles. The summed E-state index contributed by atoms with van der Waals surface area (Å²) >= 11 is 1.16. The van der Waals surface area contributed by atoms with Gasteiger partial charge in [0.05, 0.1) is 11.5 Å². The molecule has 0 saturated heterocycles. The van der Waals surface area contributed by atoms with Crippen molar-refractivity contribution in [1.82, 2.24) is 0 Å². The third-order valence-corrected chi connectivity index (χ3v) is 5.64. The minimum Gasteiger partial charge on any atom is -0.485 e. The number of thiophene rings is 1. The molecule has 3 aromatic rings. The number of esters is 1. The summed E-state index contributed by atoms with van der Waals surface area (Å²) < 4.78 is 17.0. The number of ether oxygens (including phenoxy) is 3. The summed E-state index contributed by atoms with van der Waals surface area (Å²) in [4.78, 5) is 35.7. The first-order valence-corrected chi connectivity index (χ1v) is 10.6. The van der Waals surface area contributed by atoms with Crippen molar-refractivity contribution < 1.29 is 28.7 Å². The van der Waals surface area contributed by atoms with E-state index in [-0.39, 0.29) is 30.0 Å². The Morgan fingerprint density at radius 2 is 1.91 bits per heavy atom. The van der Waals surface area contributed by atoms with Gasteiger partial charge in [-0.05, 0) is 31.2 Å². The number of fused-ring (bicyclic) bond motifs is 1. The van der Waals surface area contributed by atoms with Crippen molar-refractivity contribution in [3.8, 4) is 11.5 Å². The maximum atomic E-state index is 12.7. The van der Waals surface area contributed by atoms with E-state index < -0.39 is 22.9 Å². The van der Waals surface area contributed by atoms with Gasteiger partial charge < -0.3 is 19.5 Å². The van der Waals surface area contributed by atoms with E-state index in [0.29, 0.717) is 22.1 Å². The number of amides is 1. The van der Waals surface area contributed by atoms with Gasteiger partial charge >= 0.3 is 5.97 Å². The first kappa shape index (κ1) is 21.3. The molecule has 2 heterocycles. The maximum absolute atomic E-state index is 12.7. The summed E-state index contributed by atoms with van der Waals surface area (Å²) in [6.07, 6.45) is -0.564. The maximum Gasteiger partial charge on any atom is 0.341 e. The molecule has 164 valence electrons. The lowest BCUT2D eigenvalue weighted by atomic mass is 10.1. The molecule has 1 amide bonds. The molecule has 0 saturated carbocycles. The Morgan fingerprint density at radius 1 is 1.19 bits per heavy atom. The zero-order valence-corrected chi connectivity index (χ0v) is 17.7. The summed E-state index contributed by atoms with van der Waals surface area (Å²) in [5.74, 6) is 0.0693. The van der Waals surface area contributed by atoms with Crippen molar-refractivity contribution in [2.24, 2.45) is 0 Å². The fourth-order valence-corrected chi connectivity index (χ4v) is 4.18. The van der Waals surface area contributed by atoms with Crippen LogP contribution in [0.3, 0.4) is 0 Å².